The maximum absolute atomic E-state index is 5.98. The highest BCUT2D eigenvalue weighted by Gasteiger charge is 2.30. The Morgan fingerprint density at radius 3 is 2.69 bits per heavy atom. The lowest BCUT2D eigenvalue weighted by molar-refractivity contribution is -0.0318. The monoisotopic (exact) mass is 401 g/mol. The van der Waals surface area contributed by atoms with Crippen LogP contribution >= 0.6 is 0 Å². The molecule has 2 aliphatic rings. The molecule has 0 bridgehead atoms. The Morgan fingerprint density at radius 2 is 1.97 bits per heavy atom. The Kier molecular flexibility index (Phi) is 9.29. The SMILES string of the molecule is CCNC(=NCCCOC1CCOCC1)N1CCC(c2ccccc2)C(CC)C1. The fourth-order valence-electron chi connectivity index (χ4n) is 4.55. The van der Waals surface area contributed by atoms with Crippen molar-refractivity contribution in [3.8, 4) is 0 Å². The molecule has 3 rings (SSSR count). The first-order chi connectivity index (χ1) is 14.3. The van der Waals surface area contributed by atoms with Crippen LogP contribution in [0.3, 0.4) is 0 Å². The molecule has 1 aromatic carbocycles. The Balaban J connectivity index is 1.49. The summed E-state index contributed by atoms with van der Waals surface area (Å²) in [6.07, 6.45) is 5.81. The highest BCUT2D eigenvalue weighted by molar-refractivity contribution is 5.80. The number of aliphatic imine (C=N–C) groups is 1. The van der Waals surface area contributed by atoms with Gasteiger partial charge in [-0.1, -0.05) is 43.7 Å². The average Bonchev–Trinajstić information content (AvgIpc) is 2.79. The molecule has 2 fully saturated rings. The molecule has 0 spiro atoms. The van der Waals surface area contributed by atoms with Crippen LogP contribution in [0, 0.1) is 5.92 Å². The summed E-state index contributed by atoms with van der Waals surface area (Å²) in [5.41, 5.74) is 1.49. The molecule has 2 aliphatic heterocycles. The van der Waals surface area contributed by atoms with Crippen LogP contribution in [0.5, 0.6) is 0 Å². The van der Waals surface area contributed by atoms with Gasteiger partial charge in [0.05, 0.1) is 6.10 Å². The van der Waals surface area contributed by atoms with Crippen molar-refractivity contribution < 1.29 is 9.47 Å². The van der Waals surface area contributed by atoms with Crippen LogP contribution in [-0.2, 0) is 9.47 Å². The molecule has 2 heterocycles. The topological polar surface area (TPSA) is 46.1 Å². The standard InChI is InChI=1S/C24H39N3O2/c1-3-20-19-27(15-11-23(20)21-9-6-5-7-10-21)24(25-4-2)26-14-8-16-29-22-12-17-28-18-13-22/h5-7,9-10,20,22-23H,3-4,8,11-19H2,1-2H3,(H,25,26). The Hall–Kier alpha value is -1.59. The number of nitrogens with one attached hydrogen (secondary N) is 1. The number of ether oxygens (including phenoxy) is 2. The minimum atomic E-state index is 0.378. The van der Waals surface area contributed by atoms with Gasteiger partial charge in [0.15, 0.2) is 5.96 Å². The minimum Gasteiger partial charge on any atom is -0.381 e. The zero-order valence-corrected chi connectivity index (χ0v) is 18.3. The zero-order valence-electron chi connectivity index (χ0n) is 18.3. The highest BCUT2D eigenvalue weighted by atomic mass is 16.5. The van der Waals surface area contributed by atoms with Gasteiger partial charge in [-0.15, -0.1) is 0 Å². The van der Waals surface area contributed by atoms with Gasteiger partial charge in [-0.05, 0) is 50.0 Å². The molecule has 2 atom stereocenters. The van der Waals surface area contributed by atoms with Gasteiger partial charge in [0.2, 0.25) is 0 Å². The third-order valence-electron chi connectivity index (χ3n) is 6.21. The number of hydrogen-bond acceptors (Lipinski definition) is 3. The van der Waals surface area contributed by atoms with Crippen molar-refractivity contribution in [1.82, 2.24) is 10.2 Å². The van der Waals surface area contributed by atoms with Crippen molar-refractivity contribution in [2.24, 2.45) is 10.9 Å². The van der Waals surface area contributed by atoms with Gasteiger partial charge in [0.1, 0.15) is 0 Å². The summed E-state index contributed by atoms with van der Waals surface area (Å²) in [6, 6.07) is 11.0. The van der Waals surface area contributed by atoms with Crippen molar-refractivity contribution in [1.29, 1.82) is 0 Å². The van der Waals surface area contributed by atoms with Gasteiger partial charge >= 0.3 is 0 Å². The molecule has 5 heteroatoms. The second-order valence-corrected chi connectivity index (χ2v) is 8.19. The summed E-state index contributed by atoms with van der Waals surface area (Å²) in [4.78, 5) is 7.38. The molecule has 2 saturated heterocycles. The molecule has 0 aliphatic carbocycles. The van der Waals surface area contributed by atoms with Crippen LogP contribution in [-0.4, -0.2) is 63.0 Å². The molecule has 1 N–H and O–H groups in total. The highest BCUT2D eigenvalue weighted by Crippen LogP contribution is 2.34. The first-order valence-electron chi connectivity index (χ1n) is 11.6. The lowest BCUT2D eigenvalue weighted by Crippen LogP contribution is -2.48. The molecule has 0 aromatic heterocycles. The quantitative estimate of drug-likeness (QED) is 0.405. The smallest absolute Gasteiger partial charge is 0.193 e. The van der Waals surface area contributed by atoms with E-state index in [4.69, 9.17) is 14.5 Å². The van der Waals surface area contributed by atoms with Gasteiger partial charge in [0, 0.05) is 46.0 Å². The van der Waals surface area contributed by atoms with Gasteiger partial charge in [-0.3, -0.25) is 4.99 Å². The van der Waals surface area contributed by atoms with E-state index < -0.39 is 0 Å². The Bertz CT molecular complexity index is 601. The van der Waals surface area contributed by atoms with Crippen LogP contribution in [0.15, 0.2) is 35.3 Å². The number of rotatable bonds is 8. The normalized spacial score (nSPS) is 23.9. The van der Waals surface area contributed by atoms with E-state index in [1.54, 1.807) is 0 Å². The third-order valence-corrected chi connectivity index (χ3v) is 6.21. The molecular formula is C24H39N3O2. The van der Waals surface area contributed by atoms with E-state index in [9.17, 15) is 0 Å². The second kappa shape index (κ2) is 12.2. The van der Waals surface area contributed by atoms with Gasteiger partial charge in [0.25, 0.3) is 0 Å². The summed E-state index contributed by atoms with van der Waals surface area (Å²) >= 11 is 0. The molecule has 2 unspecified atom stereocenters. The van der Waals surface area contributed by atoms with E-state index in [0.717, 1.165) is 71.2 Å². The van der Waals surface area contributed by atoms with E-state index in [1.807, 2.05) is 0 Å². The van der Waals surface area contributed by atoms with Crippen LogP contribution in [0.2, 0.25) is 0 Å². The van der Waals surface area contributed by atoms with E-state index in [-0.39, 0.29) is 0 Å². The van der Waals surface area contributed by atoms with Crippen LogP contribution in [0.1, 0.15) is 57.4 Å². The maximum Gasteiger partial charge on any atom is 0.193 e. The number of guanidine groups is 1. The van der Waals surface area contributed by atoms with Crippen LogP contribution < -0.4 is 5.32 Å². The molecule has 1 aromatic rings. The number of nitrogens with zero attached hydrogens (tertiary/aromatic N) is 2. The minimum absolute atomic E-state index is 0.378. The molecule has 0 amide bonds. The number of piperidine rings is 1. The molecule has 29 heavy (non-hydrogen) atoms. The zero-order chi connectivity index (χ0) is 20.3. The Labute approximate surface area is 176 Å². The fraction of sp³-hybridized carbons (Fsp3) is 0.708. The van der Waals surface area contributed by atoms with E-state index >= 15 is 0 Å². The first-order valence-corrected chi connectivity index (χ1v) is 11.6. The average molecular weight is 402 g/mol. The summed E-state index contributed by atoms with van der Waals surface area (Å²) < 4.78 is 11.4. The Morgan fingerprint density at radius 1 is 1.17 bits per heavy atom. The molecule has 0 saturated carbocycles. The second-order valence-electron chi connectivity index (χ2n) is 8.19. The summed E-state index contributed by atoms with van der Waals surface area (Å²) in [5.74, 6) is 2.41. The number of benzene rings is 1. The first kappa shape index (κ1) is 22.1. The predicted molar refractivity (Wildman–Crippen MR) is 120 cm³/mol. The van der Waals surface area contributed by atoms with Crippen molar-refractivity contribution in [3.63, 3.8) is 0 Å². The van der Waals surface area contributed by atoms with Crippen LogP contribution in [0.4, 0.5) is 0 Å². The number of likely N-dealkylation sites (tertiary alicyclic amines) is 1. The van der Waals surface area contributed by atoms with Gasteiger partial charge in [-0.2, -0.15) is 0 Å². The summed E-state index contributed by atoms with van der Waals surface area (Å²) in [7, 11) is 0. The van der Waals surface area contributed by atoms with Crippen molar-refractivity contribution in [3.05, 3.63) is 35.9 Å². The van der Waals surface area contributed by atoms with E-state index in [1.165, 1.54) is 18.4 Å². The predicted octanol–water partition coefficient (Wildman–Crippen LogP) is 4.05. The largest absolute Gasteiger partial charge is 0.381 e. The summed E-state index contributed by atoms with van der Waals surface area (Å²) in [6.45, 7) is 10.8. The summed E-state index contributed by atoms with van der Waals surface area (Å²) in [5, 5.41) is 3.51. The molecular weight excluding hydrogens is 362 g/mol. The van der Waals surface area contributed by atoms with Gasteiger partial charge in [-0.25, -0.2) is 0 Å². The van der Waals surface area contributed by atoms with E-state index in [2.05, 4.69) is 54.4 Å². The molecule has 162 valence electrons. The maximum atomic E-state index is 5.98. The lowest BCUT2D eigenvalue weighted by Gasteiger charge is -2.40. The van der Waals surface area contributed by atoms with E-state index in [0.29, 0.717) is 17.9 Å². The molecule has 5 nitrogen and oxygen atoms in total. The van der Waals surface area contributed by atoms with Crippen molar-refractivity contribution in [2.75, 3.05) is 46.0 Å². The lowest BCUT2D eigenvalue weighted by atomic mass is 9.79. The van der Waals surface area contributed by atoms with Crippen LogP contribution in [0.25, 0.3) is 0 Å². The van der Waals surface area contributed by atoms with Crippen molar-refractivity contribution >= 4 is 5.96 Å². The molecule has 0 radical (unpaired) electrons. The van der Waals surface area contributed by atoms with Gasteiger partial charge < -0.3 is 19.7 Å². The van der Waals surface area contributed by atoms with Crippen molar-refractivity contribution in [2.45, 2.75) is 58.0 Å². The fourth-order valence-corrected chi connectivity index (χ4v) is 4.55. The third kappa shape index (κ3) is 6.71. The number of hydrogen-bond donors (Lipinski definition) is 1.